The van der Waals surface area contributed by atoms with E-state index in [1.807, 2.05) is 121 Å². The van der Waals surface area contributed by atoms with Crippen LogP contribution in [0.15, 0.2) is 121 Å². The molecule has 0 aromatic heterocycles. The Balaban J connectivity index is 0.000000187. The van der Waals surface area contributed by atoms with E-state index in [-0.39, 0.29) is 48.9 Å². The molecule has 0 fully saturated rings. The van der Waals surface area contributed by atoms with Crippen molar-refractivity contribution in [3.05, 3.63) is 132 Å². The van der Waals surface area contributed by atoms with Crippen LogP contribution in [-0.2, 0) is 0 Å². The molecule has 0 radical (unpaired) electrons. The molecule has 27 heavy (non-hydrogen) atoms. The molecule has 0 amide bonds. The van der Waals surface area contributed by atoms with Crippen molar-refractivity contribution < 1.29 is 0 Å². The topological polar surface area (TPSA) is 28.2 Å². The van der Waals surface area contributed by atoms with Crippen LogP contribution >= 0.6 is 0 Å². The van der Waals surface area contributed by atoms with Gasteiger partial charge in [-0.1, -0.05) is 121 Å². The van der Waals surface area contributed by atoms with E-state index in [1.165, 1.54) is 0 Å². The fourth-order valence-corrected chi connectivity index (χ4v) is 2.31. The van der Waals surface area contributed by atoms with Crippen LogP contribution in [0.2, 0.25) is 0 Å². The fourth-order valence-electron chi connectivity index (χ4n) is 2.31. The molecule has 4 rings (SSSR count). The van der Waals surface area contributed by atoms with E-state index in [0.717, 1.165) is 22.7 Å². The molecule has 2 nitrogen and oxygen atoms in total. The van der Waals surface area contributed by atoms with Crippen LogP contribution in [0.3, 0.4) is 0 Å². The van der Waals surface area contributed by atoms with Crippen molar-refractivity contribution in [2.45, 2.75) is 0 Å². The van der Waals surface area contributed by atoms with Gasteiger partial charge in [-0.25, -0.2) is 0 Å². The van der Waals surface area contributed by atoms with Gasteiger partial charge in [-0.2, -0.15) is 0 Å². The second-order valence-corrected chi connectivity index (χ2v) is 5.57. The number of hydrogen-bond acceptors (Lipinski definition) is 0. The average Bonchev–Trinajstić information content (AvgIpc) is 2.72. The second kappa shape index (κ2) is 12.4. The average molecular weight is 474 g/mol. The van der Waals surface area contributed by atoms with E-state index in [2.05, 4.69) is 10.6 Å². The summed E-state index contributed by atoms with van der Waals surface area (Å²) >= 11 is 0. The molecule has 0 spiro atoms. The quantitative estimate of drug-likeness (QED) is 0.272. The monoisotopic (exact) mass is 474 g/mol. The standard InChI is InChI=1S/2C12H10N.Ba/c2*1-3-7-11(8-4-1)13-12-9-5-2-6-10-12;/h2*1-10H;/q2*-1;+2. The molecule has 0 unspecified atom stereocenters. The predicted octanol–water partition coefficient (Wildman–Crippen LogP) is 7.67. The molecule has 0 saturated carbocycles. The van der Waals surface area contributed by atoms with Crippen LogP contribution in [0, 0.1) is 0 Å². The molecule has 0 N–H and O–H groups in total. The van der Waals surface area contributed by atoms with E-state index in [0.29, 0.717) is 0 Å². The number of benzene rings is 4. The Hall–Kier alpha value is -1.95. The zero-order chi connectivity index (χ0) is 17.9. The van der Waals surface area contributed by atoms with Crippen molar-refractivity contribution in [2.75, 3.05) is 0 Å². The summed E-state index contributed by atoms with van der Waals surface area (Å²) in [6, 6.07) is 39.8. The molecule has 128 valence electrons. The van der Waals surface area contributed by atoms with Crippen LogP contribution in [-0.4, -0.2) is 48.9 Å². The smallest absolute Gasteiger partial charge is 0.658 e. The van der Waals surface area contributed by atoms with Crippen molar-refractivity contribution in [3.63, 3.8) is 0 Å². The first-order valence-electron chi connectivity index (χ1n) is 8.54. The van der Waals surface area contributed by atoms with Gasteiger partial charge in [0.25, 0.3) is 0 Å². The van der Waals surface area contributed by atoms with Gasteiger partial charge in [-0.05, 0) is 0 Å². The van der Waals surface area contributed by atoms with Crippen LogP contribution in [0.5, 0.6) is 0 Å². The molecule has 0 saturated heterocycles. The van der Waals surface area contributed by atoms with Crippen molar-refractivity contribution in [2.24, 2.45) is 0 Å². The molecule has 3 heteroatoms. The Morgan fingerprint density at radius 1 is 0.296 bits per heavy atom. The molecule has 0 aliphatic heterocycles. The molecule has 0 aliphatic carbocycles. The van der Waals surface area contributed by atoms with Crippen molar-refractivity contribution in [3.8, 4) is 0 Å². The Morgan fingerprint density at radius 2 is 0.481 bits per heavy atom. The maximum absolute atomic E-state index is 4.44. The second-order valence-electron chi connectivity index (χ2n) is 5.57. The summed E-state index contributed by atoms with van der Waals surface area (Å²) in [4.78, 5) is 0. The Labute approximate surface area is 201 Å². The maximum atomic E-state index is 4.44. The Morgan fingerprint density at radius 3 is 0.667 bits per heavy atom. The zero-order valence-electron chi connectivity index (χ0n) is 15.1. The summed E-state index contributed by atoms with van der Waals surface area (Å²) in [5.41, 5.74) is 3.98. The summed E-state index contributed by atoms with van der Waals surface area (Å²) in [5.74, 6) is 0. The first kappa shape index (κ1) is 21.4. The van der Waals surface area contributed by atoms with Gasteiger partial charge < -0.3 is 10.6 Å². The molecule has 0 atom stereocenters. The van der Waals surface area contributed by atoms with E-state index in [1.54, 1.807) is 0 Å². The van der Waals surface area contributed by atoms with Gasteiger partial charge in [0, 0.05) is 0 Å². The van der Waals surface area contributed by atoms with Crippen molar-refractivity contribution in [1.82, 2.24) is 0 Å². The minimum Gasteiger partial charge on any atom is -0.658 e. The Kier molecular flexibility index (Phi) is 9.84. The van der Waals surface area contributed by atoms with E-state index >= 15 is 0 Å². The van der Waals surface area contributed by atoms with E-state index in [4.69, 9.17) is 0 Å². The largest absolute Gasteiger partial charge is 2.00 e. The minimum atomic E-state index is 0. The van der Waals surface area contributed by atoms with Crippen molar-refractivity contribution >= 4 is 71.6 Å². The molecule has 0 heterocycles. The molecule has 0 aliphatic rings. The van der Waals surface area contributed by atoms with Crippen LogP contribution in [0.25, 0.3) is 10.6 Å². The predicted molar refractivity (Wildman–Crippen MR) is 117 cm³/mol. The summed E-state index contributed by atoms with van der Waals surface area (Å²) in [5, 5.41) is 8.88. The molecule has 0 bridgehead atoms. The third-order valence-electron chi connectivity index (χ3n) is 3.54. The van der Waals surface area contributed by atoms with Gasteiger partial charge in [-0.15, -0.1) is 22.7 Å². The van der Waals surface area contributed by atoms with Crippen molar-refractivity contribution in [1.29, 1.82) is 0 Å². The number of para-hydroxylation sites is 4. The van der Waals surface area contributed by atoms with Crippen LogP contribution in [0.1, 0.15) is 0 Å². The molecular weight excluding hydrogens is 454 g/mol. The van der Waals surface area contributed by atoms with E-state index in [9.17, 15) is 0 Å². The molecular formula is C24H20BaN2. The number of hydrogen-bond donors (Lipinski definition) is 0. The SMILES string of the molecule is [Ba+2].c1ccc([N-]c2ccccc2)cc1.c1ccc([N-]c2ccccc2)cc1. The molecule has 4 aromatic carbocycles. The fraction of sp³-hybridized carbons (Fsp3) is 0. The summed E-state index contributed by atoms with van der Waals surface area (Å²) in [7, 11) is 0. The van der Waals surface area contributed by atoms with Crippen LogP contribution in [0.4, 0.5) is 22.7 Å². The first-order valence-corrected chi connectivity index (χ1v) is 8.54. The number of rotatable bonds is 4. The van der Waals surface area contributed by atoms with Gasteiger partial charge in [0.15, 0.2) is 0 Å². The third-order valence-corrected chi connectivity index (χ3v) is 3.54. The first-order chi connectivity index (χ1) is 12.9. The van der Waals surface area contributed by atoms with Gasteiger partial charge in [0.05, 0.1) is 0 Å². The molecule has 4 aromatic rings. The van der Waals surface area contributed by atoms with Gasteiger partial charge in [0.1, 0.15) is 0 Å². The summed E-state index contributed by atoms with van der Waals surface area (Å²) < 4.78 is 0. The van der Waals surface area contributed by atoms with Gasteiger partial charge in [0.2, 0.25) is 0 Å². The normalized spacial score (nSPS) is 9.19. The van der Waals surface area contributed by atoms with E-state index < -0.39 is 0 Å². The minimum absolute atomic E-state index is 0. The third kappa shape index (κ3) is 8.08. The summed E-state index contributed by atoms with van der Waals surface area (Å²) in [6.07, 6.45) is 0. The Bertz CT molecular complexity index is 715. The van der Waals surface area contributed by atoms with Gasteiger partial charge in [-0.3, -0.25) is 0 Å². The summed E-state index contributed by atoms with van der Waals surface area (Å²) in [6.45, 7) is 0. The number of nitrogens with zero attached hydrogens (tertiary/aromatic N) is 2. The maximum Gasteiger partial charge on any atom is 2.00 e. The van der Waals surface area contributed by atoms with Gasteiger partial charge >= 0.3 is 48.9 Å². The zero-order valence-corrected chi connectivity index (χ0v) is 19.6. The van der Waals surface area contributed by atoms with Crippen LogP contribution < -0.4 is 0 Å².